The van der Waals surface area contributed by atoms with Gasteiger partial charge in [-0.15, -0.1) is 8.78 Å². The van der Waals surface area contributed by atoms with Crippen LogP contribution in [0.3, 0.4) is 0 Å². The molecule has 0 fully saturated rings. The van der Waals surface area contributed by atoms with Crippen LogP contribution in [0.4, 0.5) is 30.7 Å². The van der Waals surface area contributed by atoms with Gasteiger partial charge in [-0.05, 0) is 6.07 Å². The number of nitrogens with zero attached hydrogens (tertiary/aromatic N) is 1. The predicted molar refractivity (Wildman–Crippen MR) is 46.6 cm³/mol. The quantitative estimate of drug-likeness (QED) is 0.634. The van der Waals surface area contributed by atoms with Crippen molar-refractivity contribution < 1.29 is 35.3 Å². The van der Waals surface area contributed by atoms with Gasteiger partial charge in [0, 0.05) is 12.3 Å². The van der Waals surface area contributed by atoms with Crippen LogP contribution in [0.25, 0.3) is 0 Å². The molecule has 0 aliphatic heterocycles. The van der Waals surface area contributed by atoms with Crippen molar-refractivity contribution in [1.29, 1.82) is 0 Å². The number of pyridine rings is 1. The van der Waals surface area contributed by atoms with E-state index in [-0.39, 0.29) is 6.20 Å². The van der Waals surface area contributed by atoms with Crippen LogP contribution in [-0.4, -0.2) is 21.2 Å². The summed E-state index contributed by atoms with van der Waals surface area (Å²) in [5.41, 5.74) is -1.26. The fraction of sp³-hybridized carbons (Fsp3) is 0.375. The van der Waals surface area contributed by atoms with Gasteiger partial charge in [0.1, 0.15) is 0 Å². The van der Waals surface area contributed by atoms with Gasteiger partial charge in [0.2, 0.25) is 0 Å². The molecule has 0 spiro atoms. The molecule has 0 amide bonds. The van der Waals surface area contributed by atoms with Crippen LogP contribution in [0.1, 0.15) is 5.56 Å². The van der Waals surface area contributed by atoms with Gasteiger partial charge >= 0.3 is 17.9 Å². The molecule has 102 valence electrons. The molecular weight excluding hydrogens is 291 g/mol. The van der Waals surface area contributed by atoms with Crippen molar-refractivity contribution in [1.82, 2.24) is 4.98 Å². The SMILES string of the molecule is [O-][S+](c1ccc(C(F)(F)F)cn1)C(F)(F)C(F)F. The molecule has 1 atom stereocenters. The molecule has 18 heavy (non-hydrogen) atoms. The molecule has 0 saturated heterocycles. The largest absolute Gasteiger partial charge is 0.605 e. The minimum atomic E-state index is -4.87. The zero-order valence-electron chi connectivity index (χ0n) is 8.22. The zero-order valence-corrected chi connectivity index (χ0v) is 9.04. The second-order valence-corrected chi connectivity index (χ2v) is 4.51. The van der Waals surface area contributed by atoms with E-state index in [1.54, 1.807) is 0 Å². The second-order valence-electron chi connectivity index (χ2n) is 3.01. The maximum Gasteiger partial charge on any atom is 0.474 e. The van der Waals surface area contributed by atoms with Crippen molar-refractivity contribution in [3.8, 4) is 0 Å². The summed E-state index contributed by atoms with van der Waals surface area (Å²) in [5.74, 6) is 0. The first-order valence-electron chi connectivity index (χ1n) is 4.18. The molecule has 0 aromatic carbocycles. The van der Waals surface area contributed by atoms with E-state index >= 15 is 0 Å². The Morgan fingerprint density at radius 3 is 2.00 bits per heavy atom. The lowest BCUT2D eigenvalue weighted by atomic mass is 10.3. The zero-order chi connectivity index (χ0) is 14.1. The molecule has 2 nitrogen and oxygen atoms in total. The summed E-state index contributed by atoms with van der Waals surface area (Å²) in [6.45, 7) is 0. The van der Waals surface area contributed by atoms with Crippen LogP contribution in [0.15, 0.2) is 23.4 Å². The van der Waals surface area contributed by atoms with Crippen molar-refractivity contribution in [3.63, 3.8) is 0 Å². The van der Waals surface area contributed by atoms with E-state index in [1.165, 1.54) is 0 Å². The Morgan fingerprint density at radius 1 is 1.11 bits per heavy atom. The summed E-state index contributed by atoms with van der Waals surface area (Å²) in [5, 5.41) is -5.92. The minimum Gasteiger partial charge on any atom is -0.605 e. The summed E-state index contributed by atoms with van der Waals surface area (Å²) in [4.78, 5) is 2.86. The topological polar surface area (TPSA) is 36.0 Å². The Bertz CT molecular complexity index is 405. The van der Waals surface area contributed by atoms with E-state index in [2.05, 4.69) is 4.98 Å². The Kier molecular flexibility index (Phi) is 4.11. The molecule has 0 aliphatic rings. The normalized spacial score (nSPS) is 14.9. The molecular formula is C8H4F7NOS. The number of aromatic nitrogens is 1. The first kappa shape index (κ1) is 15.0. The maximum absolute atomic E-state index is 12.6. The van der Waals surface area contributed by atoms with Gasteiger partial charge in [-0.25, -0.2) is 4.98 Å². The smallest absolute Gasteiger partial charge is 0.474 e. The van der Waals surface area contributed by atoms with Crippen LogP contribution in [-0.2, 0) is 17.4 Å². The van der Waals surface area contributed by atoms with Gasteiger partial charge < -0.3 is 4.55 Å². The van der Waals surface area contributed by atoms with E-state index in [0.29, 0.717) is 12.1 Å². The monoisotopic (exact) mass is 295 g/mol. The fourth-order valence-electron chi connectivity index (χ4n) is 0.878. The number of hydrogen-bond acceptors (Lipinski definition) is 2. The van der Waals surface area contributed by atoms with Gasteiger partial charge in [-0.2, -0.15) is 22.0 Å². The molecule has 1 heterocycles. The van der Waals surface area contributed by atoms with Crippen molar-refractivity contribution in [2.75, 3.05) is 0 Å². The summed E-state index contributed by atoms with van der Waals surface area (Å²) in [6, 6.07) is 0.705. The van der Waals surface area contributed by atoms with Crippen LogP contribution in [0.5, 0.6) is 0 Å². The summed E-state index contributed by atoms with van der Waals surface area (Å²) in [7, 11) is 0. The highest BCUT2D eigenvalue weighted by atomic mass is 32.2. The highest BCUT2D eigenvalue weighted by Crippen LogP contribution is 2.35. The molecule has 0 bridgehead atoms. The van der Waals surface area contributed by atoms with Crippen LogP contribution >= 0.6 is 0 Å². The predicted octanol–water partition coefficient (Wildman–Crippen LogP) is 3.07. The van der Waals surface area contributed by atoms with Gasteiger partial charge in [-0.3, -0.25) is 0 Å². The lowest BCUT2D eigenvalue weighted by Gasteiger charge is -2.18. The highest BCUT2D eigenvalue weighted by Gasteiger charge is 2.55. The molecule has 0 saturated carbocycles. The molecule has 1 aromatic heterocycles. The first-order chi connectivity index (χ1) is 8.06. The second kappa shape index (κ2) is 4.92. The van der Waals surface area contributed by atoms with E-state index in [1.807, 2.05) is 0 Å². The molecule has 1 rings (SSSR count). The van der Waals surface area contributed by atoms with E-state index in [0.717, 1.165) is 0 Å². The van der Waals surface area contributed by atoms with E-state index in [9.17, 15) is 35.3 Å². The van der Waals surface area contributed by atoms with Crippen LogP contribution in [0.2, 0.25) is 0 Å². The molecule has 1 aromatic rings. The lowest BCUT2D eigenvalue weighted by Crippen LogP contribution is -2.37. The Morgan fingerprint density at radius 2 is 1.67 bits per heavy atom. The lowest BCUT2D eigenvalue weighted by molar-refractivity contribution is -0.137. The van der Waals surface area contributed by atoms with Gasteiger partial charge in [-0.1, -0.05) is 0 Å². The standard InChI is InChI=1S/C8H4F7NOS/c9-6(10)8(14,15)18(17)5-2-1-4(3-16-5)7(11,12)13/h1-3,6H. The van der Waals surface area contributed by atoms with Crippen molar-refractivity contribution in [2.45, 2.75) is 22.9 Å². The molecule has 0 radical (unpaired) electrons. The Labute approximate surface area is 99.0 Å². The average Bonchev–Trinajstić information content (AvgIpc) is 2.26. The fourth-order valence-corrected chi connectivity index (χ4v) is 1.66. The van der Waals surface area contributed by atoms with Gasteiger partial charge in [0.05, 0.1) is 16.7 Å². The Hall–Kier alpha value is -1.03. The molecule has 10 heteroatoms. The summed E-state index contributed by atoms with van der Waals surface area (Å²) >= 11 is -3.52. The van der Waals surface area contributed by atoms with Crippen molar-refractivity contribution >= 4 is 11.2 Å². The van der Waals surface area contributed by atoms with Crippen molar-refractivity contribution in [3.05, 3.63) is 23.9 Å². The third kappa shape index (κ3) is 3.05. The van der Waals surface area contributed by atoms with E-state index < -0.39 is 39.6 Å². The summed E-state index contributed by atoms with van der Waals surface area (Å²) in [6.07, 6.45) is -8.81. The highest BCUT2D eigenvalue weighted by molar-refractivity contribution is 7.92. The molecule has 0 N–H and O–H groups in total. The van der Waals surface area contributed by atoms with E-state index in [4.69, 9.17) is 0 Å². The average molecular weight is 295 g/mol. The van der Waals surface area contributed by atoms with Gasteiger partial charge in [0.25, 0.3) is 5.03 Å². The number of rotatable bonds is 3. The Balaban J connectivity index is 2.99. The van der Waals surface area contributed by atoms with Crippen molar-refractivity contribution in [2.24, 2.45) is 0 Å². The molecule has 0 aliphatic carbocycles. The van der Waals surface area contributed by atoms with Crippen LogP contribution in [0, 0.1) is 0 Å². The third-order valence-electron chi connectivity index (χ3n) is 1.75. The first-order valence-corrected chi connectivity index (χ1v) is 5.33. The molecule has 1 unspecified atom stereocenters. The van der Waals surface area contributed by atoms with Crippen LogP contribution < -0.4 is 0 Å². The third-order valence-corrected chi connectivity index (χ3v) is 3.05. The van der Waals surface area contributed by atoms with Gasteiger partial charge in [0.15, 0.2) is 0 Å². The summed E-state index contributed by atoms with van der Waals surface area (Å²) < 4.78 is 96.3. The number of alkyl halides is 7. The maximum atomic E-state index is 12.6. The number of halogens is 7. The number of hydrogen-bond donors (Lipinski definition) is 0. The minimum absolute atomic E-state index is 0.148.